The first-order valence-electron chi connectivity index (χ1n) is 10.4. The second-order valence-electron chi connectivity index (χ2n) is 7.61. The Labute approximate surface area is 182 Å². The van der Waals surface area contributed by atoms with Crippen LogP contribution in [-0.2, 0) is 24.4 Å². The Hall–Kier alpha value is -3.38. The van der Waals surface area contributed by atoms with Gasteiger partial charge in [-0.3, -0.25) is 14.7 Å². The van der Waals surface area contributed by atoms with Crippen molar-refractivity contribution in [2.24, 2.45) is 0 Å². The molecule has 0 saturated heterocycles. The molecule has 3 aromatic rings. The number of carbonyl (C=O) groups is 1. The molecule has 0 radical (unpaired) electrons. The molecule has 6 heteroatoms. The molecule has 0 aliphatic carbocycles. The van der Waals surface area contributed by atoms with Crippen LogP contribution in [0.25, 0.3) is 11.3 Å². The van der Waals surface area contributed by atoms with E-state index < -0.39 is 5.97 Å². The third-order valence-corrected chi connectivity index (χ3v) is 5.47. The number of hydrogen-bond acceptors (Lipinski definition) is 5. The van der Waals surface area contributed by atoms with E-state index in [0.29, 0.717) is 24.7 Å². The number of aliphatic carboxylic acids is 1. The Bertz CT molecular complexity index is 1050. The van der Waals surface area contributed by atoms with Gasteiger partial charge >= 0.3 is 5.97 Å². The van der Waals surface area contributed by atoms with Gasteiger partial charge in [0, 0.05) is 37.3 Å². The van der Waals surface area contributed by atoms with Crippen molar-refractivity contribution in [2.45, 2.75) is 26.0 Å². The van der Waals surface area contributed by atoms with E-state index in [4.69, 9.17) is 19.6 Å². The number of hydrogen-bond donors (Lipinski definition) is 1. The molecule has 160 valence electrons. The van der Waals surface area contributed by atoms with Gasteiger partial charge in [-0.05, 0) is 35.4 Å². The smallest absolute Gasteiger partial charge is 0.304 e. The lowest BCUT2D eigenvalue weighted by molar-refractivity contribution is -0.137. The minimum absolute atomic E-state index is 0.166. The maximum absolute atomic E-state index is 10.8. The highest BCUT2D eigenvalue weighted by Crippen LogP contribution is 2.33. The summed E-state index contributed by atoms with van der Waals surface area (Å²) in [5.74, 6) is 0.611. The van der Waals surface area contributed by atoms with E-state index in [2.05, 4.69) is 11.0 Å². The van der Waals surface area contributed by atoms with Crippen molar-refractivity contribution in [1.82, 2.24) is 9.88 Å². The minimum atomic E-state index is -0.760. The number of ether oxygens (including phenoxy) is 2. The predicted octanol–water partition coefficient (Wildman–Crippen LogP) is 4.17. The number of carboxylic acids is 1. The SMILES string of the molecule is COc1cc(-c2ccc3c(n2)CCN(CCC(=O)O)C3)ccc1OCc1ccccc1. The van der Waals surface area contributed by atoms with E-state index >= 15 is 0 Å². The van der Waals surface area contributed by atoms with Crippen molar-refractivity contribution in [3.05, 3.63) is 77.5 Å². The molecule has 1 N–H and O–H groups in total. The fourth-order valence-electron chi connectivity index (χ4n) is 3.76. The molecule has 1 aliphatic rings. The number of nitrogens with zero attached hydrogens (tertiary/aromatic N) is 2. The maximum Gasteiger partial charge on any atom is 0.304 e. The monoisotopic (exact) mass is 418 g/mol. The molecule has 0 saturated carbocycles. The van der Waals surface area contributed by atoms with Crippen LogP contribution in [0.1, 0.15) is 23.2 Å². The summed E-state index contributed by atoms with van der Waals surface area (Å²) in [5, 5.41) is 8.90. The average Bonchev–Trinajstić information content (AvgIpc) is 2.81. The Morgan fingerprint density at radius 3 is 2.71 bits per heavy atom. The lowest BCUT2D eigenvalue weighted by Crippen LogP contribution is -2.32. The van der Waals surface area contributed by atoms with Gasteiger partial charge in [0.15, 0.2) is 11.5 Å². The van der Waals surface area contributed by atoms with Crippen LogP contribution < -0.4 is 9.47 Å². The van der Waals surface area contributed by atoms with E-state index in [-0.39, 0.29) is 6.42 Å². The molecule has 1 aliphatic heterocycles. The average molecular weight is 418 g/mol. The quantitative estimate of drug-likeness (QED) is 0.592. The third-order valence-electron chi connectivity index (χ3n) is 5.47. The predicted molar refractivity (Wildman–Crippen MR) is 118 cm³/mol. The van der Waals surface area contributed by atoms with Crippen molar-refractivity contribution < 1.29 is 19.4 Å². The first-order valence-corrected chi connectivity index (χ1v) is 10.4. The summed E-state index contributed by atoms with van der Waals surface area (Å²) in [6.07, 6.45) is 0.984. The molecular weight excluding hydrogens is 392 g/mol. The van der Waals surface area contributed by atoms with E-state index in [1.54, 1.807) is 7.11 Å². The van der Waals surface area contributed by atoms with Crippen LogP contribution >= 0.6 is 0 Å². The Balaban J connectivity index is 1.47. The Morgan fingerprint density at radius 2 is 1.94 bits per heavy atom. The molecule has 2 aromatic carbocycles. The van der Waals surface area contributed by atoms with Crippen molar-refractivity contribution >= 4 is 5.97 Å². The van der Waals surface area contributed by atoms with E-state index in [0.717, 1.165) is 47.6 Å². The van der Waals surface area contributed by atoms with Crippen LogP contribution in [0.2, 0.25) is 0 Å². The summed E-state index contributed by atoms with van der Waals surface area (Å²) in [7, 11) is 1.64. The molecule has 2 heterocycles. The van der Waals surface area contributed by atoms with Crippen LogP contribution in [0.15, 0.2) is 60.7 Å². The summed E-state index contributed by atoms with van der Waals surface area (Å²) < 4.78 is 11.5. The lowest BCUT2D eigenvalue weighted by Gasteiger charge is -2.27. The lowest BCUT2D eigenvalue weighted by atomic mass is 10.0. The van der Waals surface area contributed by atoms with Crippen LogP contribution in [0.5, 0.6) is 11.5 Å². The summed E-state index contributed by atoms with van der Waals surface area (Å²) in [5.41, 5.74) is 5.20. The summed E-state index contributed by atoms with van der Waals surface area (Å²) in [4.78, 5) is 17.9. The zero-order chi connectivity index (χ0) is 21.6. The Morgan fingerprint density at radius 1 is 1.10 bits per heavy atom. The van der Waals surface area contributed by atoms with Crippen LogP contribution in [0, 0.1) is 0 Å². The molecule has 0 bridgehead atoms. The van der Waals surface area contributed by atoms with Crippen molar-refractivity contribution in [3.8, 4) is 22.8 Å². The van der Waals surface area contributed by atoms with Gasteiger partial charge in [0.2, 0.25) is 0 Å². The van der Waals surface area contributed by atoms with Crippen LogP contribution in [0.3, 0.4) is 0 Å². The van der Waals surface area contributed by atoms with Gasteiger partial charge in [-0.25, -0.2) is 0 Å². The number of pyridine rings is 1. The highest BCUT2D eigenvalue weighted by Gasteiger charge is 2.19. The zero-order valence-electron chi connectivity index (χ0n) is 17.6. The van der Waals surface area contributed by atoms with E-state index in [1.165, 1.54) is 0 Å². The summed E-state index contributed by atoms with van der Waals surface area (Å²) in [6, 6.07) is 20.0. The van der Waals surface area contributed by atoms with E-state index in [9.17, 15) is 4.79 Å². The number of methoxy groups -OCH3 is 1. The fraction of sp³-hybridized carbons (Fsp3) is 0.280. The van der Waals surface area contributed by atoms with Crippen molar-refractivity contribution in [2.75, 3.05) is 20.2 Å². The number of aromatic nitrogens is 1. The second kappa shape index (κ2) is 9.62. The number of fused-ring (bicyclic) bond motifs is 1. The van der Waals surface area contributed by atoms with Gasteiger partial charge in [-0.15, -0.1) is 0 Å². The van der Waals surface area contributed by atoms with Crippen LogP contribution in [0.4, 0.5) is 0 Å². The van der Waals surface area contributed by atoms with Gasteiger partial charge in [0.05, 0.1) is 19.2 Å². The van der Waals surface area contributed by atoms with Gasteiger partial charge < -0.3 is 14.6 Å². The maximum atomic E-state index is 10.8. The van der Waals surface area contributed by atoms with Crippen molar-refractivity contribution in [1.29, 1.82) is 0 Å². The molecule has 0 amide bonds. The molecular formula is C25H26N2O4. The van der Waals surface area contributed by atoms with Gasteiger partial charge in [0.25, 0.3) is 0 Å². The number of carboxylic acid groups (broad SMARTS) is 1. The molecule has 6 nitrogen and oxygen atoms in total. The zero-order valence-corrected chi connectivity index (χ0v) is 17.6. The summed E-state index contributed by atoms with van der Waals surface area (Å²) >= 11 is 0. The van der Waals surface area contributed by atoms with Gasteiger partial charge in [-0.2, -0.15) is 0 Å². The fourth-order valence-corrected chi connectivity index (χ4v) is 3.76. The number of benzene rings is 2. The molecule has 0 unspecified atom stereocenters. The first-order chi connectivity index (χ1) is 15.1. The van der Waals surface area contributed by atoms with Gasteiger partial charge in [0.1, 0.15) is 6.61 Å². The van der Waals surface area contributed by atoms with E-state index in [1.807, 2.05) is 54.6 Å². The third kappa shape index (κ3) is 5.22. The second-order valence-corrected chi connectivity index (χ2v) is 7.61. The molecule has 31 heavy (non-hydrogen) atoms. The molecule has 1 aromatic heterocycles. The number of rotatable bonds is 8. The standard InChI is InChI=1S/C25H26N2O4/c1-30-24-15-19(8-10-23(24)31-17-18-5-3-2-4-6-18)21-9-7-20-16-27(14-12-25(28)29)13-11-22(20)26-21/h2-10,15H,11-14,16-17H2,1H3,(H,28,29). The minimum Gasteiger partial charge on any atom is -0.493 e. The normalized spacial score (nSPS) is 13.5. The summed E-state index contributed by atoms with van der Waals surface area (Å²) in [6.45, 7) is 2.61. The van der Waals surface area contributed by atoms with Crippen molar-refractivity contribution in [3.63, 3.8) is 0 Å². The Kier molecular flexibility index (Phi) is 6.48. The van der Waals surface area contributed by atoms with Crippen LogP contribution in [-0.4, -0.2) is 41.2 Å². The highest BCUT2D eigenvalue weighted by molar-refractivity contribution is 5.67. The first kappa shape index (κ1) is 20.9. The molecule has 0 fully saturated rings. The highest BCUT2D eigenvalue weighted by atomic mass is 16.5. The molecule has 4 rings (SSSR count). The van der Waals surface area contributed by atoms with Gasteiger partial charge in [-0.1, -0.05) is 36.4 Å². The largest absolute Gasteiger partial charge is 0.493 e. The molecule has 0 spiro atoms. The molecule has 0 atom stereocenters. The topological polar surface area (TPSA) is 71.9 Å².